The fourth-order valence-electron chi connectivity index (χ4n) is 4.11. The lowest BCUT2D eigenvalue weighted by molar-refractivity contribution is -0.130. The standard InChI is InChI=1S/C18H18ClF3O2/c1-2-3-7-17-8-6-12(23)15(18(20,21)22)14(17)10-4-5-13(24)16(19)11(10)9-17/h4-5,24H,2-3,6-9H2,1H3. The molecule has 1 unspecified atom stereocenters. The number of phenols is 1. The van der Waals surface area contributed by atoms with Crippen molar-refractivity contribution in [3.8, 4) is 5.75 Å². The van der Waals surface area contributed by atoms with Crippen LogP contribution in [0.3, 0.4) is 0 Å². The second-order valence-corrected chi connectivity index (χ2v) is 7.03. The largest absolute Gasteiger partial charge is 0.506 e. The van der Waals surface area contributed by atoms with E-state index < -0.39 is 22.9 Å². The van der Waals surface area contributed by atoms with Crippen molar-refractivity contribution in [1.29, 1.82) is 0 Å². The van der Waals surface area contributed by atoms with E-state index in [1.807, 2.05) is 6.92 Å². The average Bonchev–Trinajstić information content (AvgIpc) is 2.83. The maximum atomic E-state index is 13.6. The van der Waals surface area contributed by atoms with Crippen molar-refractivity contribution in [3.63, 3.8) is 0 Å². The number of benzene rings is 1. The molecule has 1 atom stereocenters. The van der Waals surface area contributed by atoms with Crippen molar-refractivity contribution in [3.05, 3.63) is 33.9 Å². The first-order valence-corrected chi connectivity index (χ1v) is 8.45. The van der Waals surface area contributed by atoms with Gasteiger partial charge in [0.15, 0.2) is 5.78 Å². The molecular formula is C18H18ClF3O2. The summed E-state index contributed by atoms with van der Waals surface area (Å²) in [4.78, 5) is 12.1. The van der Waals surface area contributed by atoms with Gasteiger partial charge in [0, 0.05) is 11.8 Å². The van der Waals surface area contributed by atoms with E-state index in [-0.39, 0.29) is 22.8 Å². The fraction of sp³-hybridized carbons (Fsp3) is 0.500. The minimum atomic E-state index is -4.68. The van der Waals surface area contributed by atoms with E-state index in [1.165, 1.54) is 12.1 Å². The zero-order chi connectivity index (χ0) is 17.7. The van der Waals surface area contributed by atoms with Crippen LogP contribution in [-0.4, -0.2) is 17.1 Å². The fourth-order valence-corrected chi connectivity index (χ4v) is 4.34. The monoisotopic (exact) mass is 358 g/mol. The van der Waals surface area contributed by atoms with Crippen LogP contribution in [-0.2, 0) is 11.2 Å². The molecule has 0 aromatic heterocycles. The Morgan fingerprint density at radius 2 is 2.04 bits per heavy atom. The van der Waals surface area contributed by atoms with Gasteiger partial charge in [0.1, 0.15) is 11.3 Å². The van der Waals surface area contributed by atoms with Crippen LogP contribution >= 0.6 is 11.6 Å². The number of aromatic hydroxyl groups is 1. The van der Waals surface area contributed by atoms with Crippen molar-refractivity contribution in [2.75, 3.05) is 0 Å². The van der Waals surface area contributed by atoms with Crippen LogP contribution in [0.15, 0.2) is 17.7 Å². The molecule has 0 radical (unpaired) electrons. The molecule has 0 aliphatic heterocycles. The quantitative estimate of drug-likeness (QED) is 0.779. The average molecular weight is 359 g/mol. The zero-order valence-corrected chi connectivity index (χ0v) is 14.0. The highest BCUT2D eigenvalue weighted by molar-refractivity contribution is 6.33. The van der Waals surface area contributed by atoms with Gasteiger partial charge in [-0.2, -0.15) is 13.2 Å². The van der Waals surface area contributed by atoms with Crippen molar-refractivity contribution in [2.45, 2.75) is 51.6 Å². The Labute approximate surface area is 143 Å². The molecule has 130 valence electrons. The van der Waals surface area contributed by atoms with Gasteiger partial charge in [-0.05, 0) is 42.0 Å². The molecule has 0 saturated heterocycles. The highest BCUT2D eigenvalue weighted by Gasteiger charge is 2.53. The van der Waals surface area contributed by atoms with Crippen LogP contribution in [0, 0.1) is 5.41 Å². The smallest absolute Gasteiger partial charge is 0.420 e. The molecule has 0 amide bonds. The number of allylic oxidation sites excluding steroid dienone is 2. The molecule has 0 saturated carbocycles. The lowest BCUT2D eigenvalue weighted by atomic mass is 9.67. The normalized spacial score (nSPS) is 23.5. The minimum Gasteiger partial charge on any atom is -0.506 e. The summed E-state index contributed by atoms with van der Waals surface area (Å²) in [6, 6.07) is 2.76. The van der Waals surface area contributed by atoms with Gasteiger partial charge in [0.05, 0.1) is 5.02 Å². The lowest BCUT2D eigenvalue weighted by Gasteiger charge is -2.37. The van der Waals surface area contributed by atoms with Gasteiger partial charge in [0.25, 0.3) is 0 Å². The molecule has 2 nitrogen and oxygen atoms in total. The van der Waals surface area contributed by atoms with Crippen molar-refractivity contribution in [1.82, 2.24) is 0 Å². The summed E-state index contributed by atoms with van der Waals surface area (Å²) in [7, 11) is 0. The van der Waals surface area contributed by atoms with E-state index in [0.29, 0.717) is 30.4 Å². The number of alkyl halides is 3. The molecule has 1 aromatic carbocycles. The van der Waals surface area contributed by atoms with Gasteiger partial charge in [0.2, 0.25) is 0 Å². The molecule has 3 rings (SSSR count). The molecule has 1 aromatic rings. The number of rotatable bonds is 3. The second-order valence-electron chi connectivity index (χ2n) is 6.66. The number of fused-ring (bicyclic) bond motifs is 3. The van der Waals surface area contributed by atoms with Crippen LogP contribution in [0.2, 0.25) is 5.02 Å². The maximum absolute atomic E-state index is 13.6. The SMILES string of the molecule is CCCCC12CCC(=O)C(C(F)(F)F)=C1c1ccc(O)c(Cl)c1C2. The predicted molar refractivity (Wildman–Crippen MR) is 86.0 cm³/mol. The van der Waals surface area contributed by atoms with E-state index >= 15 is 0 Å². The van der Waals surface area contributed by atoms with E-state index in [4.69, 9.17) is 11.6 Å². The van der Waals surface area contributed by atoms with Crippen LogP contribution in [0.4, 0.5) is 13.2 Å². The number of ketones is 1. The summed E-state index contributed by atoms with van der Waals surface area (Å²) in [6.07, 6.45) is -1.82. The van der Waals surface area contributed by atoms with Gasteiger partial charge in [-0.1, -0.05) is 37.4 Å². The molecule has 0 fully saturated rings. The summed E-state index contributed by atoms with van der Waals surface area (Å²) in [6.45, 7) is 1.99. The molecule has 24 heavy (non-hydrogen) atoms. The highest BCUT2D eigenvalue weighted by Crippen LogP contribution is 2.60. The predicted octanol–water partition coefficient (Wildman–Crippen LogP) is 5.46. The maximum Gasteiger partial charge on any atom is 0.420 e. The number of carbonyl (C=O) groups is 1. The molecule has 0 heterocycles. The van der Waals surface area contributed by atoms with E-state index in [2.05, 4.69) is 0 Å². The van der Waals surface area contributed by atoms with Gasteiger partial charge in [-0.25, -0.2) is 0 Å². The van der Waals surface area contributed by atoms with Crippen LogP contribution in [0.25, 0.3) is 5.57 Å². The number of carbonyl (C=O) groups excluding carboxylic acids is 1. The van der Waals surface area contributed by atoms with Crippen molar-refractivity contribution in [2.24, 2.45) is 5.41 Å². The van der Waals surface area contributed by atoms with Crippen LogP contribution in [0.1, 0.15) is 50.2 Å². The van der Waals surface area contributed by atoms with E-state index in [1.54, 1.807) is 0 Å². The molecule has 6 heteroatoms. The molecule has 2 aliphatic carbocycles. The summed E-state index contributed by atoms with van der Waals surface area (Å²) in [5.41, 5.74) is -0.746. The Morgan fingerprint density at radius 3 is 2.67 bits per heavy atom. The Bertz CT molecular complexity index is 737. The van der Waals surface area contributed by atoms with Crippen LogP contribution in [0.5, 0.6) is 5.75 Å². The van der Waals surface area contributed by atoms with Gasteiger partial charge < -0.3 is 5.11 Å². The molecule has 2 aliphatic rings. The Morgan fingerprint density at radius 1 is 1.33 bits per heavy atom. The highest BCUT2D eigenvalue weighted by atomic mass is 35.5. The molecule has 0 bridgehead atoms. The summed E-state index contributed by atoms with van der Waals surface area (Å²) in [5, 5.41) is 9.91. The third-order valence-electron chi connectivity index (χ3n) is 5.19. The zero-order valence-electron chi connectivity index (χ0n) is 13.3. The van der Waals surface area contributed by atoms with Gasteiger partial charge >= 0.3 is 6.18 Å². The Balaban J connectivity index is 2.30. The third kappa shape index (κ3) is 2.53. The van der Waals surface area contributed by atoms with E-state index in [9.17, 15) is 23.1 Å². The number of unbranched alkanes of at least 4 members (excludes halogenated alkanes) is 1. The topological polar surface area (TPSA) is 37.3 Å². The number of hydrogen-bond donors (Lipinski definition) is 1. The first kappa shape index (κ1) is 17.3. The molecule has 0 spiro atoms. The second kappa shape index (κ2) is 5.80. The first-order valence-electron chi connectivity index (χ1n) is 8.07. The van der Waals surface area contributed by atoms with Crippen molar-refractivity contribution < 1.29 is 23.1 Å². The Kier molecular flexibility index (Phi) is 4.19. The molecule has 1 N–H and O–H groups in total. The van der Waals surface area contributed by atoms with Gasteiger partial charge in [-0.15, -0.1) is 0 Å². The Hall–Kier alpha value is -1.49. The number of Topliss-reactive ketones (excluding diaryl/α,β-unsaturated/α-hetero) is 1. The minimum absolute atomic E-state index is 0.0941. The third-order valence-corrected chi connectivity index (χ3v) is 5.61. The van der Waals surface area contributed by atoms with Crippen molar-refractivity contribution >= 4 is 23.0 Å². The first-order chi connectivity index (χ1) is 11.2. The van der Waals surface area contributed by atoms with Gasteiger partial charge in [-0.3, -0.25) is 4.79 Å². The summed E-state index contributed by atoms with van der Waals surface area (Å²) in [5.74, 6) is -0.984. The molecular weight excluding hydrogens is 341 g/mol. The summed E-state index contributed by atoms with van der Waals surface area (Å²) < 4.78 is 40.9. The number of phenolic OH excluding ortho intramolecular Hbond substituents is 1. The number of hydrogen-bond acceptors (Lipinski definition) is 2. The number of halogens is 4. The summed E-state index contributed by atoms with van der Waals surface area (Å²) >= 11 is 6.16. The van der Waals surface area contributed by atoms with E-state index in [0.717, 1.165) is 12.8 Å². The lowest BCUT2D eigenvalue weighted by Crippen LogP contribution is -2.34. The van der Waals surface area contributed by atoms with Crippen LogP contribution < -0.4 is 0 Å².